The lowest BCUT2D eigenvalue weighted by molar-refractivity contribution is -0.223. The van der Waals surface area contributed by atoms with E-state index in [1.165, 1.54) is 12.1 Å². The van der Waals surface area contributed by atoms with Crippen LogP contribution in [0.25, 0.3) is 0 Å². The number of benzene rings is 1. The third-order valence-corrected chi connectivity index (χ3v) is 8.38. The van der Waals surface area contributed by atoms with Gasteiger partial charge in [0.05, 0.1) is 51.8 Å². The van der Waals surface area contributed by atoms with Crippen molar-refractivity contribution in [2.75, 3.05) is 72.6 Å². The van der Waals surface area contributed by atoms with Crippen LogP contribution in [0.1, 0.15) is 87.4 Å². The Bertz CT molecular complexity index is 1410. The van der Waals surface area contributed by atoms with Crippen molar-refractivity contribution >= 4 is 41.5 Å². The molecule has 1 saturated heterocycles. The molecule has 0 bridgehead atoms. The number of nitrogens with one attached hydrogen (secondary N) is 3. The van der Waals surface area contributed by atoms with Crippen molar-refractivity contribution in [3.8, 4) is 5.75 Å². The zero-order valence-corrected chi connectivity index (χ0v) is 32.8. The molecule has 6 N–H and O–H groups in total. The van der Waals surface area contributed by atoms with Gasteiger partial charge < -0.3 is 59.8 Å². The largest absolute Gasteiger partial charge is 0.494 e. The number of aliphatic carboxylic acids is 1. The summed E-state index contributed by atoms with van der Waals surface area (Å²) in [4.78, 5) is 86.7. The molecular formula is C38H58N4O16. The van der Waals surface area contributed by atoms with E-state index >= 15 is 0 Å². The van der Waals surface area contributed by atoms with Crippen molar-refractivity contribution < 1.29 is 77.4 Å². The zero-order valence-electron chi connectivity index (χ0n) is 32.8. The second kappa shape index (κ2) is 30.2. The minimum absolute atomic E-state index is 0.0590. The SMILES string of the molecule is O=C(CCC(NC(=O)CCCCCCCCCOc1ccc(C(=O)O)cc1)C(=O)O)NCCOCCOCC(=O)NCCOCCOCC(=O)ON1C(=O)CC[C@@H]1O. The Morgan fingerprint density at radius 2 is 1.28 bits per heavy atom. The first kappa shape index (κ1) is 49.3. The molecule has 1 aromatic carbocycles. The molecule has 1 heterocycles. The maximum atomic E-state index is 12.3. The predicted octanol–water partition coefficient (Wildman–Crippen LogP) is 0.932. The van der Waals surface area contributed by atoms with Crippen LogP contribution < -0.4 is 20.7 Å². The van der Waals surface area contributed by atoms with Crippen molar-refractivity contribution in [1.82, 2.24) is 21.0 Å². The van der Waals surface area contributed by atoms with E-state index in [2.05, 4.69) is 16.0 Å². The van der Waals surface area contributed by atoms with E-state index in [0.717, 1.165) is 38.5 Å². The average Bonchev–Trinajstić information content (AvgIpc) is 3.51. The smallest absolute Gasteiger partial charge is 0.358 e. The zero-order chi connectivity index (χ0) is 42.4. The fraction of sp³-hybridized carbons (Fsp3) is 0.658. The third-order valence-electron chi connectivity index (χ3n) is 8.38. The highest BCUT2D eigenvalue weighted by Gasteiger charge is 2.33. The predicted molar refractivity (Wildman–Crippen MR) is 202 cm³/mol. The highest BCUT2D eigenvalue weighted by atomic mass is 16.7. The van der Waals surface area contributed by atoms with Crippen molar-refractivity contribution in [3.63, 3.8) is 0 Å². The van der Waals surface area contributed by atoms with Gasteiger partial charge in [-0.25, -0.2) is 14.4 Å². The van der Waals surface area contributed by atoms with E-state index in [9.17, 15) is 43.8 Å². The number of carbonyl (C=O) groups is 7. The normalized spacial score (nSPS) is 14.1. The number of hydrogen-bond donors (Lipinski definition) is 6. The molecule has 0 spiro atoms. The minimum Gasteiger partial charge on any atom is -0.494 e. The number of hydrogen-bond acceptors (Lipinski definition) is 14. The van der Waals surface area contributed by atoms with Crippen LogP contribution in [-0.4, -0.2) is 147 Å². The van der Waals surface area contributed by atoms with Gasteiger partial charge in [0.25, 0.3) is 5.91 Å². The van der Waals surface area contributed by atoms with Gasteiger partial charge in [-0.05, 0) is 43.5 Å². The minimum atomic E-state index is -1.21. The first-order valence-electron chi connectivity index (χ1n) is 19.5. The summed E-state index contributed by atoms with van der Waals surface area (Å²) < 4.78 is 26.6. The second-order valence-corrected chi connectivity index (χ2v) is 13.1. The molecule has 20 nitrogen and oxygen atoms in total. The number of aromatic carboxylic acids is 1. The topological polar surface area (TPSA) is 275 Å². The van der Waals surface area contributed by atoms with Crippen LogP contribution in [-0.2, 0) is 52.6 Å². The molecule has 0 saturated carbocycles. The molecule has 0 radical (unpaired) electrons. The van der Waals surface area contributed by atoms with Crippen LogP contribution in [0.5, 0.6) is 5.75 Å². The molecule has 4 amide bonds. The van der Waals surface area contributed by atoms with Crippen LogP contribution in [0.3, 0.4) is 0 Å². The van der Waals surface area contributed by atoms with E-state index in [1.807, 2.05) is 0 Å². The Kier molecular flexibility index (Phi) is 25.7. The summed E-state index contributed by atoms with van der Waals surface area (Å²) in [6, 6.07) is 5.10. The number of nitrogens with zero attached hydrogens (tertiary/aromatic N) is 1. The molecule has 1 aromatic rings. The number of ether oxygens (including phenoxy) is 5. The number of unbranched alkanes of at least 4 members (excludes halogenated alkanes) is 6. The first-order chi connectivity index (χ1) is 28.0. The summed E-state index contributed by atoms with van der Waals surface area (Å²) in [6.45, 7) is 1.20. The van der Waals surface area contributed by atoms with Crippen molar-refractivity contribution in [1.29, 1.82) is 0 Å². The van der Waals surface area contributed by atoms with Gasteiger partial charge in [-0.2, -0.15) is 0 Å². The molecular weight excluding hydrogens is 768 g/mol. The van der Waals surface area contributed by atoms with Crippen LogP contribution >= 0.6 is 0 Å². The Morgan fingerprint density at radius 3 is 1.88 bits per heavy atom. The van der Waals surface area contributed by atoms with Gasteiger partial charge in [0.15, 0.2) is 6.23 Å². The van der Waals surface area contributed by atoms with E-state index in [-0.39, 0.29) is 115 Å². The molecule has 1 aliphatic heterocycles. The molecule has 326 valence electrons. The standard InChI is InChI=1S/C38H58N4O16/c43-31(14-13-30(38(51)52)41-32(44)8-6-4-2-1-3-5-7-19-57-29-11-9-28(10-12-29)37(49)50)39-17-20-53-22-24-55-26-33(45)40-18-21-54-23-25-56-27-36(48)58-42-34(46)15-16-35(42)47/h9-12,30,34,46H,1-8,13-27H2,(H,39,43)(H,40,45)(H,41,44)(H,49,50)(H,51,52)/t30?,34-/m0/s1. The summed E-state index contributed by atoms with van der Waals surface area (Å²) in [5.41, 5.74) is 0.211. The maximum absolute atomic E-state index is 12.3. The van der Waals surface area contributed by atoms with Gasteiger partial charge in [-0.1, -0.05) is 32.1 Å². The Labute approximate surface area is 337 Å². The summed E-state index contributed by atoms with van der Waals surface area (Å²) in [5.74, 6) is -3.99. The van der Waals surface area contributed by atoms with E-state index in [4.69, 9.17) is 33.6 Å². The number of carboxylic acid groups (broad SMARTS) is 2. The van der Waals surface area contributed by atoms with E-state index in [0.29, 0.717) is 23.8 Å². The molecule has 1 fully saturated rings. The molecule has 1 aliphatic rings. The van der Waals surface area contributed by atoms with Crippen LogP contribution in [0, 0.1) is 0 Å². The van der Waals surface area contributed by atoms with Gasteiger partial charge in [0.1, 0.15) is 25.0 Å². The van der Waals surface area contributed by atoms with Crippen LogP contribution in [0.2, 0.25) is 0 Å². The lowest BCUT2D eigenvalue weighted by Crippen LogP contribution is -2.41. The number of hydroxylamine groups is 2. The van der Waals surface area contributed by atoms with Gasteiger partial charge in [0.2, 0.25) is 17.7 Å². The molecule has 2 atom stereocenters. The van der Waals surface area contributed by atoms with Gasteiger partial charge in [0, 0.05) is 38.8 Å². The highest BCUT2D eigenvalue weighted by molar-refractivity contribution is 5.87. The first-order valence-corrected chi connectivity index (χ1v) is 19.5. The number of carbonyl (C=O) groups excluding carboxylic acids is 5. The average molecular weight is 827 g/mol. The van der Waals surface area contributed by atoms with Gasteiger partial charge in [-0.3, -0.25) is 19.2 Å². The number of amides is 4. The number of carboxylic acids is 2. The maximum Gasteiger partial charge on any atom is 0.358 e. The van der Waals surface area contributed by atoms with E-state index in [1.54, 1.807) is 12.1 Å². The molecule has 58 heavy (non-hydrogen) atoms. The van der Waals surface area contributed by atoms with Crippen molar-refractivity contribution in [2.24, 2.45) is 0 Å². The highest BCUT2D eigenvalue weighted by Crippen LogP contribution is 2.17. The quantitative estimate of drug-likeness (QED) is 0.0528. The third kappa shape index (κ3) is 23.4. The van der Waals surface area contributed by atoms with Crippen molar-refractivity contribution in [3.05, 3.63) is 29.8 Å². The van der Waals surface area contributed by atoms with Crippen LogP contribution in [0.15, 0.2) is 24.3 Å². The molecule has 20 heteroatoms. The van der Waals surface area contributed by atoms with E-state index < -0.39 is 42.7 Å². The van der Waals surface area contributed by atoms with Crippen LogP contribution in [0.4, 0.5) is 0 Å². The van der Waals surface area contributed by atoms with Crippen molar-refractivity contribution in [2.45, 2.75) is 89.3 Å². The summed E-state index contributed by atoms with van der Waals surface area (Å²) >= 11 is 0. The van der Waals surface area contributed by atoms with Gasteiger partial charge in [-0.15, -0.1) is 5.06 Å². The second-order valence-electron chi connectivity index (χ2n) is 13.1. The lowest BCUT2D eigenvalue weighted by Gasteiger charge is -2.18. The Hall–Kier alpha value is -4.89. The number of aliphatic hydroxyl groups is 1. The summed E-state index contributed by atoms with van der Waals surface area (Å²) in [6.07, 6.45) is 5.47. The fourth-order valence-electron chi connectivity index (χ4n) is 5.27. The van der Waals surface area contributed by atoms with Gasteiger partial charge >= 0.3 is 17.9 Å². The summed E-state index contributed by atoms with van der Waals surface area (Å²) in [5, 5.41) is 36.3. The summed E-state index contributed by atoms with van der Waals surface area (Å²) in [7, 11) is 0. The molecule has 2 rings (SSSR count). The molecule has 1 unspecified atom stereocenters. The monoisotopic (exact) mass is 826 g/mol. The Morgan fingerprint density at radius 1 is 0.690 bits per heavy atom. The molecule has 0 aromatic heterocycles. The lowest BCUT2D eigenvalue weighted by atomic mass is 10.1. The number of aliphatic hydroxyl groups excluding tert-OH is 1. The fourth-order valence-corrected chi connectivity index (χ4v) is 5.27. The molecule has 0 aliphatic carbocycles. The Balaban J connectivity index is 1.35. The number of rotatable bonds is 34.